The van der Waals surface area contributed by atoms with Crippen molar-refractivity contribution in [2.75, 3.05) is 0 Å². The van der Waals surface area contributed by atoms with E-state index in [0.29, 0.717) is 23.8 Å². The second kappa shape index (κ2) is 4.68. The first-order chi connectivity index (χ1) is 9.51. The Balaban J connectivity index is 1.95. The molecule has 0 fully saturated rings. The van der Waals surface area contributed by atoms with Crippen molar-refractivity contribution in [3.8, 4) is 11.5 Å². The summed E-state index contributed by atoms with van der Waals surface area (Å²) in [6.07, 6.45) is 0.535. The van der Waals surface area contributed by atoms with E-state index in [2.05, 4.69) is 15.1 Å². The zero-order valence-electron chi connectivity index (χ0n) is 11.5. The van der Waals surface area contributed by atoms with Crippen molar-refractivity contribution in [2.45, 2.75) is 25.8 Å². The summed E-state index contributed by atoms with van der Waals surface area (Å²) in [4.78, 5) is 8.89. The van der Waals surface area contributed by atoms with Gasteiger partial charge in [0, 0.05) is 17.3 Å². The van der Waals surface area contributed by atoms with Crippen LogP contribution >= 0.6 is 0 Å². The summed E-state index contributed by atoms with van der Waals surface area (Å²) < 4.78 is 5.23. The summed E-state index contributed by atoms with van der Waals surface area (Å²) in [6, 6.07) is 11.8. The molecular formula is C15H16N4O. The molecule has 2 aromatic heterocycles. The van der Waals surface area contributed by atoms with Crippen molar-refractivity contribution in [3.05, 3.63) is 42.3 Å². The zero-order valence-corrected chi connectivity index (χ0v) is 11.5. The van der Waals surface area contributed by atoms with Crippen LogP contribution in [0.4, 0.5) is 0 Å². The molecule has 0 saturated heterocycles. The number of rotatable bonds is 3. The van der Waals surface area contributed by atoms with Crippen LogP contribution in [0.15, 0.2) is 40.9 Å². The number of aromatic nitrogens is 3. The van der Waals surface area contributed by atoms with Crippen LogP contribution in [0.25, 0.3) is 22.4 Å². The molecule has 0 radical (unpaired) electrons. The van der Waals surface area contributed by atoms with E-state index in [0.717, 1.165) is 10.9 Å². The molecule has 5 nitrogen and oxygen atoms in total. The molecule has 0 unspecified atom stereocenters. The van der Waals surface area contributed by atoms with E-state index in [9.17, 15) is 0 Å². The fourth-order valence-electron chi connectivity index (χ4n) is 2.01. The highest BCUT2D eigenvalue weighted by molar-refractivity contribution is 5.80. The van der Waals surface area contributed by atoms with E-state index in [-0.39, 0.29) is 5.54 Å². The van der Waals surface area contributed by atoms with Gasteiger partial charge in [0.2, 0.25) is 11.7 Å². The number of fused-ring (bicyclic) bond motifs is 1. The number of benzene rings is 1. The summed E-state index contributed by atoms with van der Waals surface area (Å²) in [5.41, 5.74) is 7.19. The number of hydrogen-bond donors (Lipinski definition) is 1. The summed E-state index contributed by atoms with van der Waals surface area (Å²) in [5, 5.41) is 5.06. The van der Waals surface area contributed by atoms with Crippen LogP contribution < -0.4 is 5.73 Å². The minimum absolute atomic E-state index is 0.374. The van der Waals surface area contributed by atoms with Crippen molar-refractivity contribution in [3.63, 3.8) is 0 Å². The predicted molar refractivity (Wildman–Crippen MR) is 77.0 cm³/mol. The lowest BCUT2D eigenvalue weighted by Gasteiger charge is -2.14. The van der Waals surface area contributed by atoms with Crippen LogP contribution in [0.2, 0.25) is 0 Å². The van der Waals surface area contributed by atoms with Crippen molar-refractivity contribution in [2.24, 2.45) is 5.73 Å². The quantitative estimate of drug-likeness (QED) is 0.789. The monoisotopic (exact) mass is 268 g/mol. The van der Waals surface area contributed by atoms with Gasteiger partial charge in [-0.25, -0.2) is 4.98 Å². The number of nitrogens with two attached hydrogens (primary N) is 1. The summed E-state index contributed by atoms with van der Waals surface area (Å²) in [6.45, 7) is 3.84. The van der Waals surface area contributed by atoms with Crippen molar-refractivity contribution in [1.82, 2.24) is 15.1 Å². The minimum Gasteiger partial charge on any atom is -0.339 e. The first-order valence-corrected chi connectivity index (χ1v) is 6.49. The zero-order chi connectivity index (χ0) is 14.2. The molecule has 102 valence electrons. The van der Waals surface area contributed by atoms with Gasteiger partial charge in [-0.15, -0.1) is 0 Å². The Morgan fingerprint density at radius 3 is 2.70 bits per heavy atom. The Kier molecular flexibility index (Phi) is 2.99. The Morgan fingerprint density at radius 1 is 1.10 bits per heavy atom. The molecule has 1 aromatic carbocycles. The summed E-state index contributed by atoms with van der Waals surface area (Å²) >= 11 is 0. The molecule has 0 atom stereocenters. The molecule has 3 rings (SSSR count). The van der Waals surface area contributed by atoms with Gasteiger partial charge in [-0.2, -0.15) is 4.98 Å². The van der Waals surface area contributed by atoms with Crippen molar-refractivity contribution >= 4 is 10.9 Å². The molecule has 20 heavy (non-hydrogen) atoms. The summed E-state index contributed by atoms with van der Waals surface area (Å²) in [5.74, 6) is 1.03. The Morgan fingerprint density at radius 2 is 1.90 bits per heavy atom. The topological polar surface area (TPSA) is 77.8 Å². The van der Waals surface area contributed by atoms with Crippen LogP contribution in [-0.2, 0) is 6.42 Å². The Bertz CT molecular complexity index is 743. The number of para-hydroxylation sites is 1. The van der Waals surface area contributed by atoms with Crippen LogP contribution in [0, 0.1) is 0 Å². The molecule has 0 amide bonds. The Labute approximate surface area is 116 Å². The normalized spacial score (nSPS) is 11.9. The van der Waals surface area contributed by atoms with E-state index in [1.807, 2.05) is 50.2 Å². The van der Waals surface area contributed by atoms with Gasteiger partial charge < -0.3 is 10.3 Å². The molecule has 0 bridgehead atoms. The third kappa shape index (κ3) is 2.67. The van der Waals surface area contributed by atoms with Crippen LogP contribution in [0.3, 0.4) is 0 Å². The molecule has 2 N–H and O–H groups in total. The number of pyridine rings is 1. The maximum Gasteiger partial charge on any atom is 0.228 e. The second-order valence-electron chi connectivity index (χ2n) is 5.57. The van der Waals surface area contributed by atoms with Gasteiger partial charge in [0.15, 0.2) is 0 Å². The van der Waals surface area contributed by atoms with Gasteiger partial charge >= 0.3 is 0 Å². The average Bonchev–Trinajstić information content (AvgIpc) is 2.84. The lowest BCUT2D eigenvalue weighted by Crippen LogP contribution is -2.34. The van der Waals surface area contributed by atoms with Gasteiger partial charge in [-0.05, 0) is 26.0 Å². The van der Waals surface area contributed by atoms with Crippen molar-refractivity contribution in [1.29, 1.82) is 0 Å². The first kappa shape index (κ1) is 12.7. The molecule has 3 aromatic rings. The van der Waals surface area contributed by atoms with Crippen LogP contribution in [-0.4, -0.2) is 20.7 Å². The third-order valence-electron chi connectivity index (χ3n) is 2.90. The van der Waals surface area contributed by atoms with E-state index in [4.69, 9.17) is 10.3 Å². The van der Waals surface area contributed by atoms with E-state index in [1.165, 1.54) is 0 Å². The van der Waals surface area contributed by atoms with Crippen molar-refractivity contribution < 1.29 is 4.52 Å². The fourth-order valence-corrected chi connectivity index (χ4v) is 2.01. The van der Waals surface area contributed by atoms with E-state index >= 15 is 0 Å². The molecule has 0 saturated carbocycles. The summed E-state index contributed by atoms with van der Waals surface area (Å²) in [7, 11) is 0. The molecule has 0 aliphatic heterocycles. The maximum atomic E-state index is 5.95. The first-order valence-electron chi connectivity index (χ1n) is 6.49. The molecule has 0 spiro atoms. The maximum absolute atomic E-state index is 5.95. The van der Waals surface area contributed by atoms with Gasteiger partial charge in [0.1, 0.15) is 5.69 Å². The van der Waals surface area contributed by atoms with Gasteiger partial charge in [0.25, 0.3) is 0 Å². The Hall–Kier alpha value is -2.27. The molecular weight excluding hydrogens is 252 g/mol. The SMILES string of the molecule is CC(C)(N)Cc1nc(-c2ccc3ccccc3n2)no1. The molecule has 2 heterocycles. The van der Waals surface area contributed by atoms with Crippen LogP contribution in [0.1, 0.15) is 19.7 Å². The number of nitrogens with zero attached hydrogens (tertiary/aromatic N) is 3. The van der Waals surface area contributed by atoms with E-state index < -0.39 is 0 Å². The second-order valence-corrected chi connectivity index (χ2v) is 5.57. The largest absolute Gasteiger partial charge is 0.339 e. The van der Waals surface area contributed by atoms with Gasteiger partial charge in [0.05, 0.1) is 5.52 Å². The molecule has 5 heteroatoms. The highest BCUT2D eigenvalue weighted by atomic mass is 16.5. The van der Waals surface area contributed by atoms with Gasteiger partial charge in [-0.3, -0.25) is 0 Å². The standard InChI is InChI=1S/C15H16N4O/c1-15(2,16)9-13-18-14(19-20-13)12-8-7-10-5-3-4-6-11(10)17-12/h3-8H,9,16H2,1-2H3. The predicted octanol–water partition coefficient (Wildman–Crippen LogP) is 2.56. The fraction of sp³-hybridized carbons (Fsp3) is 0.267. The lowest BCUT2D eigenvalue weighted by molar-refractivity contribution is 0.348. The molecule has 0 aliphatic rings. The average molecular weight is 268 g/mol. The minimum atomic E-state index is -0.374. The highest BCUT2D eigenvalue weighted by Crippen LogP contribution is 2.19. The van der Waals surface area contributed by atoms with Crippen LogP contribution in [0.5, 0.6) is 0 Å². The lowest BCUT2D eigenvalue weighted by atomic mass is 10.0. The third-order valence-corrected chi connectivity index (χ3v) is 2.90. The highest BCUT2D eigenvalue weighted by Gasteiger charge is 2.18. The van der Waals surface area contributed by atoms with Gasteiger partial charge in [-0.1, -0.05) is 29.4 Å². The molecule has 0 aliphatic carbocycles. The number of hydrogen-bond acceptors (Lipinski definition) is 5. The van der Waals surface area contributed by atoms with E-state index in [1.54, 1.807) is 0 Å². The smallest absolute Gasteiger partial charge is 0.228 e.